The summed E-state index contributed by atoms with van der Waals surface area (Å²) in [6.07, 6.45) is 1.63. The van der Waals surface area contributed by atoms with E-state index in [0.717, 1.165) is 5.39 Å². The fourth-order valence-electron chi connectivity index (χ4n) is 2.68. The Balaban J connectivity index is 1.73. The Morgan fingerprint density at radius 3 is 2.80 bits per heavy atom. The fraction of sp³-hybridized carbons (Fsp3) is 0. The molecule has 4 rings (SSSR count). The molecule has 0 aliphatic carbocycles. The first-order chi connectivity index (χ1) is 12.1. The first-order valence-corrected chi connectivity index (χ1v) is 7.87. The van der Waals surface area contributed by atoms with Crippen LogP contribution in [0.15, 0.2) is 70.0 Å². The number of nitrogens with one attached hydrogen (secondary N) is 1. The van der Waals surface area contributed by atoms with Crippen LogP contribution < -0.4 is 10.9 Å². The molecule has 0 radical (unpaired) electrons. The molecule has 1 amide bonds. The molecule has 6 heteroatoms. The minimum absolute atomic E-state index is 0.317. The zero-order valence-corrected chi connectivity index (χ0v) is 13.6. The predicted molar refractivity (Wildman–Crippen MR) is 97.2 cm³/mol. The number of anilines is 1. The quantitative estimate of drug-likeness (QED) is 0.549. The molecular weight excluding hydrogens is 340 g/mol. The monoisotopic (exact) mass is 350 g/mol. The molecule has 0 spiro atoms. The van der Waals surface area contributed by atoms with Gasteiger partial charge in [0.1, 0.15) is 5.58 Å². The average molecular weight is 351 g/mol. The molecular formula is C19H11ClN2O3. The number of carbonyl (C=O) groups excluding carboxylic acids is 1. The number of pyridine rings is 1. The van der Waals surface area contributed by atoms with Crippen LogP contribution in [0.3, 0.4) is 0 Å². The molecule has 5 nitrogen and oxygen atoms in total. The van der Waals surface area contributed by atoms with E-state index in [1.165, 1.54) is 6.07 Å². The normalized spacial score (nSPS) is 10.9. The number of hydrogen-bond donors (Lipinski definition) is 1. The lowest BCUT2D eigenvalue weighted by molar-refractivity contribution is 0.102. The third-order valence-corrected chi connectivity index (χ3v) is 4.01. The second-order valence-corrected chi connectivity index (χ2v) is 5.93. The second kappa shape index (κ2) is 6.03. The number of fused-ring (bicyclic) bond motifs is 2. The van der Waals surface area contributed by atoms with Crippen LogP contribution in [0, 0.1) is 0 Å². The Bertz CT molecular complexity index is 1180. The van der Waals surface area contributed by atoms with Gasteiger partial charge in [-0.25, -0.2) is 4.79 Å². The van der Waals surface area contributed by atoms with E-state index in [0.29, 0.717) is 32.8 Å². The number of aromatic nitrogens is 1. The summed E-state index contributed by atoms with van der Waals surface area (Å²) in [6, 6.07) is 15.0. The van der Waals surface area contributed by atoms with E-state index >= 15 is 0 Å². The van der Waals surface area contributed by atoms with Gasteiger partial charge in [0.25, 0.3) is 5.91 Å². The Morgan fingerprint density at radius 1 is 1.04 bits per heavy atom. The van der Waals surface area contributed by atoms with Crippen LogP contribution in [-0.2, 0) is 0 Å². The molecule has 0 fully saturated rings. The van der Waals surface area contributed by atoms with E-state index in [1.807, 2.05) is 6.07 Å². The maximum absolute atomic E-state index is 12.7. The van der Waals surface area contributed by atoms with Crippen molar-refractivity contribution in [2.45, 2.75) is 0 Å². The molecule has 0 saturated carbocycles. The van der Waals surface area contributed by atoms with Crippen LogP contribution in [-0.4, -0.2) is 10.9 Å². The van der Waals surface area contributed by atoms with Crippen molar-refractivity contribution in [3.63, 3.8) is 0 Å². The molecule has 122 valence electrons. The number of rotatable bonds is 2. The first-order valence-electron chi connectivity index (χ1n) is 7.50. The molecule has 0 bridgehead atoms. The molecule has 0 unspecified atom stereocenters. The van der Waals surface area contributed by atoms with Gasteiger partial charge in [0, 0.05) is 33.7 Å². The summed E-state index contributed by atoms with van der Waals surface area (Å²) < 4.78 is 5.08. The van der Waals surface area contributed by atoms with Crippen molar-refractivity contribution in [3.8, 4) is 0 Å². The van der Waals surface area contributed by atoms with E-state index in [2.05, 4.69) is 10.3 Å². The van der Waals surface area contributed by atoms with Crippen molar-refractivity contribution in [2.75, 3.05) is 5.32 Å². The fourth-order valence-corrected chi connectivity index (χ4v) is 2.90. The lowest BCUT2D eigenvalue weighted by Crippen LogP contribution is -2.13. The zero-order chi connectivity index (χ0) is 17.4. The van der Waals surface area contributed by atoms with E-state index in [-0.39, 0.29) is 5.91 Å². The standard InChI is InChI=1S/C19H11ClN2O3/c20-13-8-12-2-1-7-21-18(12)15(10-13)19(24)22-14-4-5-16-11(9-14)3-6-17(23)25-16/h1-10H,(H,22,24). The lowest BCUT2D eigenvalue weighted by Gasteiger charge is -2.09. The summed E-state index contributed by atoms with van der Waals surface area (Å²) in [5.74, 6) is -0.317. The number of carbonyl (C=O) groups is 1. The van der Waals surface area contributed by atoms with Crippen molar-refractivity contribution in [1.82, 2.24) is 4.98 Å². The van der Waals surface area contributed by atoms with Crippen LogP contribution in [0.5, 0.6) is 0 Å². The molecule has 1 N–H and O–H groups in total. The Morgan fingerprint density at radius 2 is 1.92 bits per heavy atom. The molecule has 0 saturated heterocycles. The molecule has 2 aromatic carbocycles. The van der Waals surface area contributed by atoms with Crippen molar-refractivity contribution < 1.29 is 9.21 Å². The summed E-state index contributed by atoms with van der Waals surface area (Å²) in [4.78, 5) is 28.2. The van der Waals surface area contributed by atoms with Gasteiger partial charge < -0.3 is 9.73 Å². The van der Waals surface area contributed by atoms with Gasteiger partial charge in [0.15, 0.2) is 0 Å². The van der Waals surface area contributed by atoms with Crippen LogP contribution in [0.1, 0.15) is 10.4 Å². The smallest absolute Gasteiger partial charge is 0.336 e. The molecule has 0 aliphatic heterocycles. The van der Waals surface area contributed by atoms with Gasteiger partial charge in [0.05, 0.1) is 11.1 Å². The SMILES string of the molecule is O=C(Nc1ccc2oc(=O)ccc2c1)c1cc(Cl)cc2cccnc12. The van der Waals surface area contributed by atoms with Gasteiger partial charge >= 0.3 is 5.63 Å². The highest BCUT2D eigenvalue weighted by Gasteiger charge is 2.13. The van der Waals surface area contributed by atoms with Gasteiger partial charge in [-0.3, -0.25) is 9.78 Å². The molecule has 2 heterocycles. The molecule has 0 aliphatic rings. The third-order valence-electron chi connectivity index (χ3n) is 3.79. The van der Waals surface area contributed by atoms with Crippen molar-refractivity contribution in [3.05, 3.63) is 81.8 Å². The largest absolute Gasteiger partial charge is 0.423 e. The topological polar surface area (TPSA) is 72.2 Å². The van der Waals surface area contributed by atoms with E-state index < -0.39 is 5.63 Å². The number of nitrogens with zero attached hydrogens (tertiary/aromatic N) is 1. The van der Waals surface area contributed by atoms with Crippen LogP contribution >= 0.6 is 11.6 Å². The summed E-state index contributed by atoms with van der Waals surface area (Å²) in [6.45, 7) is 0. The number of hydrogen-bond acceptors (Lipinski definition) is 4. The number of amides is 1. The van der Waals surface area contributed by atoms with Gasteiger partial charge in [-0.05, 0) is 42.5 Å². The highest BCUT2D eigenvalue weighted by Crippen LogP contribution is 2.24. The van der Waals surface area contributed by atoms with E-state index in [1.54, 1.807) is 48.7 Å². The van der Waals surface area contributed by atoms with Gasteiger partial charge in [-0.2, -0.15) is 0 Å². The second-order valence-electron chi connectivity index (χ2n) is 5.49. The maximum Gasteiger partial charge on any atom is 0.336 e. The summed E-state index contributed by atoms with van der Waals surface area (Å²) in [7, 11) is 0. The highest BCUT2D eigenvalue weighted by molar-refractivity contribution is 6.32. The zero-order valence-electron chi connectivity index (χ0n) is 12.8. The van der Waals surface area contributed by atoms with Crippen molar-refractivity contribution >= 4 is 45.1 Å². The molecule has 25 heavy (non-hydrogen) atoms. The first kappa shape index (κ1) is 15.4. The maximum atomic E-state index is 12.7. The number of benzene rings is 2. The van der Waals surface area contributed by atoms with Gasteiger partial charge in [0.2, 0.25) is 0 Å². The highest BCUT2D eigenvalue weighted by atomic mass is 35.5. The van der Waals surface area contributed by atoms with Gasteiger partial charge in [-0.15, -0.1) is 0 Å². The Hall–Kier alpha value is -3.18. The minimum atomic E-state index is -0.416. The number of halogens is 1. The molecule has 2 aromatic heterocycles. The summed E-state index contributed by atoms with van der Waals surface area (Å²) in [5.41, 5.74) is 1.59. The van der Waals surface area contributed by atoms with Crippen molar-refractivity contribution in [2.24, 2.45) is 0 Å². The molecule has 4 aromatic rings. The van der Waals surface area contributed by atoms with E-state index in [9.17, 15) is 9.59 Å². The van der Waals surface area contributed by atoms with Crippen LogP contribution in [0.25, 0.3) is 21.9 Å². The minimum Gasteiger partial charge on any atom is -0.423 e. The van der Waals surface area contributed by atoms with Gasteiger partial charge in [-0.1, -0.05) is 17.7 Å². The predicted octanol–water partition coefficient (Wildman–Crippen LogP) is 4.25. The third kappa shape index (κ3) is 2.97. The lowest BCUT2D eigenvalue weighted by atomic mass is 10.1. The summed E-state index contributed by atoms with van der Waals surface area (Å²) >= 11 is 6.11. The average Bonchev–Trinajstić information content (AvgIpc) is 2.61. The summed E-state index contributed by atoms with van der Waals surface area (Å²) in [5, 5.41) is 4.80. The van der Waals surface area contributed by atoms with Crippen molar-refractivity contribution in [1.29, 1.82) is 0 Å². The van der Waals surface area contributed by atoms with E-state index in [4.69, 9.17) is 16.0 Å². The van der Waals surface area contributed by atoms with Crippen LogP contribution in [0.4, 0.5) is 5.69 Å². The Kier molecular flexibility index (Phi) is 3.71. The van der Waals surface area contributed by atoms with Crippen LogP contribution in [0.2, 0.25) is 5.02 Å². The molecule has 0 atom stereocenters. The Labute approximate surface area is 146 Å².